The van der Waals surface area contributed by atoms with Gasteiger partial charge in [0.05, 0.1) is 5.56 Å². The van der Waals surface area contributed by atoms with Crippen molar-refractivity contribution in [3.63, 3.8) is 0 Å². The highest BCUT2D eigenvalue weighted by Crippen LogP contribution is 2.37. The van der Waals surface area contributed by atoms with Crippen LogP contribution in [-0.4, -0.2) is 11.3 Å². The second-order valence-corrected chi connectivity index (χ2v) is 6.83. The van der Waals surface area contributed by atoms with Crippen LogP contribution in [0.25, 0.3) is 0 Å². The Morgan fingerprint density at radius 2 is 1.75 bits per heavy atom. The van der Waals surface area contributed by atoms with E-state index in [1.807, 2.05) is 30.3 Å². The van der Waals surface area contributed by atoms with Gasteiger partial charge in [-0.25, -0.2) is 0 Å². The number of aliphatic imine (C=N–C) groups is 1. The minimum atomic E-state index is -4.50. The van der Waals surface area contributed by atoms with Crippen molar-refractivity contribution in [2.75, 3.05) is 0 Å². The summed E-state index contributed by atoms with van der Waals surface area (Å²) in [6.07, 6.45) is -3.20. The number of halogens is 4. The van der Waals surface area contributed by atoms with Gasteiger partial charge in [-0.2, -0.15) is 13.2 Å². The molecule has 0 unspecified atom stereocenters. The molecule has 0 atom stereocenters. The summed E-state index contributed by atoms with van der Waals surface area (Å²) in [6.45, 7) is 0.191. The molecule has 0 heterocycles. The Kier molecular flexibility index (Phi) is 6.04. The molecule has 0 saturated carbocycles. The molecule has 0 bridgehead atoms. The summed E-state index contributed by atoms with van der Waals surface area (Å²) in [5.41, 5.74) is 0.429. The van der Waals surface area contributed by atoms with Crippen molar-refractivity contribution in [3.05, 3.63) is 87.9 Å². The van der Waals surface area contributed by atoms with Crippen molar-refractivity contribution in [1.82, 2.24) is 0 Å². The highest BCUT2D eigenvalue weighted by atomic mass is 79.9. The first-order chi connectivity index (χ1) is 13.3. The van der Waals surface area contributed by atoms with E-state index in [2.05, 4.69) is 20.9 Å². The molecule has 0 amide bonds. The number of phenolic OH excluding ortho intramolecular Hbond substituents is 1. The van der Waals surface area contributed by atoms with Crippen molar-refractivity contribution in [3.8, 4) is 11.5 Å². The molecule has 3 rings (SSSR count). The van der Waals surface area contributed by atoms with Crippen LogP contribution in [0.4, 0.5) is 18.9 Å². The van der Waals surface area contributed by atoms with Crippen LogP contribution in [-0.2, 0) is 12.8 Å². The molecule has 3 nitrogen and oxygen atoms in total. The first-order valence-electron chi connectivity index (χ1n) is 8.23. The lowest BCUT2D eigenvalue weighted by molar-refractivity contribution is -0.137. The van der Waals surface area contributed by atoms with Gasteiger partial charge in [-0.1, -0.05) is 46.3 Å². The maximum atomic E-state index is 13.1. The van der Waals surface area contributed by atoms with Crippen molar-refractivity contribution < 1.29 is 23.0 Å². The van der Waals surface area contributed by atoms with Gasteiger partial charge in [0.15, 0.2) is 0 Å². The van der Waals surface area contributed by atoms with Crippen molar-refractivity contribution in [2.45, 2.75) is 12.8 Å². The molecule has 28 heavy (non-hydrogen) atoms. The maximum absolute atomic E-state index is 13.1. The number of aromatic hydroxyl groups is 1. The number of ether oxygens (including phenoxy) is 1. The average Bonchev–Trinajstić information content (AvgIpc) is 2.67. The molecule has 0 fully saturated rings. The van der Waals surface area contributed by atoms with Gasteiger partial charge >= 0.3 is 6.18 Å². The number of hydrogen-bond acceptors (Lipinski definition) is 3. The van der Waals surface area contributed by atoms with E-state index in [4.69, 9.17) is 4.74 Å². The normalized spacial score (nSPS) is 11.7. The molecular formula is C21H15BrF3NO2. The van der Waals surface area contributed by atoms with Crippen LogP contribution in [0.3, 0.4) is 0 Å². The molecular weight excluding hydrogens is 435 g/mol. The monoisotopic (exact) mass is 449 g/mol. The zero-order chi connectivity index (χ0) is 20.1. The molecule has 0 spiro atoms. The first-order valence-corrected chi connectivity index (χ1v) is 9.03. The van der Waals surface area contributed by atoms with Gasteiger partial charge < -0.3 is 9.84 Å². The predicted molar refractivity (Wildman–Crippen MR) is 105 cm³/mol. The third-order valence-corrected chi connectivity index (χ3v) is 4.35. The second kappa shape index (κ2) is 8.48. The summed E-state index contributed by atoms with van der Waals surface area (Å²) in [7, 11) is 0. The molecule has 7 heteroatoms. The van der Waals surface area contributed by atoms with Crippen LogP contribution in [0.15, 0.2) is 76.2 Å². The van der Waals surface area contributed by atoms with E-state index in [-0.39, 0.29) is 23.8 Å². The van der Waals surface area contributed by atoms with Crippen molar-refractivity contribution in [2.24, 2.45) is 4.99 Å². The highest BCUT2D eigenvalue weighted by Gasteiger charge is 2.31. The highest BCUT2D eigenvalue weighted by molar-refractivity contribution is 9.10. The molecule has 0 saturated heterocycles. The van der Waals surface area contributed by atoms with Gasteiger partial charge in [0, 0.05) is 16.3 Å². The molecule has 3 aromatic rings. The fraction of sp³-hybridized carbons (Fsp3) is 0.0952. The summed E-state index contributed by atoms with van der Waals surface area (Å²) in [6, 6.07) is 17.1. The standard InChI is InChI=1S/C21H15BrF3NO2/c22-17-7-8-19(27)15(10-17)12-26-18-11-16(21(23,24)25)6-9-20(18)28-13-14-4-2-1-3-5-14/h1-12,27H,13H2. The fourth-order valence-electron chi connectivity index (χ4n) is 2.42. The minimum absolute atomic E-state index is 0.0186. The van der Waals surface area contributed by atoms with E-state index in [9.17, 15) is 18.3 Å². The fourth-order valence-corrected chi connectivity index (χ4v) is 2.80. The van der Waals surface area contributed by atoms with Gasteiger partial charge in [-0.05, 0) is 42.0 Å². The van der Waals surface area contributed by atoms with Crippen LogP contribution in [0.1, 0.15) is 16.7 Å². The van der Waals surface area contributed by atoms with E-state index in [1.54, 1.807) is 12.1 Å². The average molecular weight is 450 g/mol. The number of nitrogens with zero attached hydrogens (tertiary/aromatic N) is 1. The van der Waals surface area contributed by atoms with Gasteiger partial charge in [-0.3, -0.25) is 4.99 Å². The second-order valence-electron chi connectivity index (χ2n) is 5.92. The molecule has 0 aromatic heterocycles. The van der Waals surface area contributed by atoms with Crippen LogP contribution < -0.4 is 4.74 Å². The van der Waals surface area contributed by atoms with Gasteiger partial charge in [0.25, 0.3) is 0 Å². The Labute approximate surface area is 168 Å². The lowest BCUT2D eigenvalue weighted by Gasteiger charge is -2.12. The smallest absolute Gasteiger partial charge is 0.416 e. The molecule has 0 aliphatic carbocycles. The summed E-state index contributed by atoms with van der Waals surface area (Å²) in [5, 5.41) is 9.89. The Morgan fingerprint density at radius 3 is 2.46 bits per heavy atom. The van der Waals surface area contributed by atoms with E-state index < -0.39 is 11.7 Å². The van der Waals surface area contributed by atoms with Crippen LogP contribution in [0.5, 0.6) is 11.5 Å². The number of phenols is 1. The Bertz CT molecular complexity index is 989. The zero-order valence-electron chi connectivity index (χ0n) is 14.4. The molecule has 1 N–H and O–H groups in total. The van der Waals surface area contributed by atoms with E-state index in [0.717, 1.165) is 17.7 Å². The summed E-state index contributed by atoms with van der Waals surface area (Å²) >= 11 is 3.28. The van der Waals surface area contributed by atoms with E-state index >= 15 is 0 Å². The summed E-state index contributed by atoms with van der Waals surface area (Å²) in [4.78, 5) is 4.13. The molecule has 3 aromatic carbocycles. The topological polar surface area (TPSA) is 41.8 Å². The van der Waals surface area contributed by atoms with E-state index in [0.29, 0.717) is 10.0 Å². The van der Waals surface area contributed by atoms with Gasteiger partial charge in [0.1, 0.15) is 23.8 Å². The van der Waals surface area contributed by atoms with Crippen LogP contribution in [0, 0.1) is 0 Å². The number of alkyl halides is 3. The first kappa shape index (κ1) is 19.9. The molecule has 144 valence electrons. The molecule has 0 aliphatic rings. The number of hydrogen-bond donors (Lipinski definition) is 1. The lowest BCUT2D eigenvalue weighted by Crippen LogP contribution is -2.05. The number of benzene rings is 3. The minimum Gasteiger partial charge on any atom is -0.507 e. The molecule has 0 radical (unpaired) electrons. The largest absolute Gasteiger partial charge is 0.507 e. The maximum Gasteiger partial charge on any atom is 0.416 e. The Balaban J connectivity index is 1.93. The Morgan fingerprint density at radius 1 is 1.00 bits per heavy atom. The lowest BCUT2D eigenvalue weighted by atomic mass is 10.1. The van der Waals surface area contributed by atoms with Gasteiger partial charge in [0.2, 0.25) is 0 Å². The third-order valence-electron chi connectivity index (χ3n) is 3.86. The number of rotatable bonds is 5. The third kappa shape index (κ3) is 5.13. The van der Waals surface area contributed by atoms with Crippen LogP contribution in [0.2, 0.25) is 0 Å². The summed E-state index contributed by atoms with van der Waals surface area (Å²) < 4.78 is 45.7. The Hall–Kier alpha value is -2.80. The predicted octanol–water partition coefficient (Wildman–Crippen LogP) is 6.50. The quantitative estimate of drug-likeness (QED) is 0.451. The van der Waals surface area contributed by atoms with Crippen molar-refractivity contribution in [1.29, 1.82) is 0 Å². The molecule has 0 aliphatic heterocycles. The zero-order valence-corrected chi connectivity index (χ0v) is 16.0. The van der Waals surface area contributed by atoms with Crippen molar-refractivity contribution >= 4 is 27.8 Å². The SMILES string of the molecule is Oc1ccc(Br)cc1C=Nc1cc(C(F)(F)F)ccc1OCc1ccccc1. The summed E-state index contributed by atoms with van der Waals surface area (Å²) in [5.74, 6) is 0.174. The van der Waals surface area contributed by atoms with E-state index in [1.165, 1.54) is 18.3 Å². The van der Waals surface area contributed by atoms with Gasteiger partial charge in [-0.15, -0.1) is 0 Å². The van der Waals surface area contributed by atoms with Crippen LogP contribution >= 0.6 is 15.9 Å².